The SMILES string of the molecule is COCCCN1C(=O)C(C)(C)Oc2ccc(N(C(=O)C3CNCC(N(C)C(=O)C4(c5ccccc5)CC4)C3)C3CC3)cc21. The van der Waals surface area contributed by atoms with E-state index < -0.39 is 11.0 Å². The first-order valence-electron chi connectivity index (χ1n) is 15.7. The number of benzene rings is 2. The van der Waals surface area contributed by atoms with Crippen molar-refractivity contribution < 1.29 is 23.9 Å². The van der Waals surface area contributed by atoms with Crippen LogP contribution in [0.3, 0.4) is 0 Å². The maximum atomic E-state index is 14.2. The fraction of sp³-hybridized carbons (Fsp3) is 0.559. The van der Waals surface area contributed by atoms with E-state index in [2.05, 4.69) is 17.4 Å². The minimum Gasteiger partial charge on any atom is -0.476 e. The highest BCUT2D eigenvalue weighted by Gasteiger charge is 2.53. The number of hydrogen-bond acceptors (Lipinski definition) is 6. The lowest BCUT2D eigenvalue weighted by Gasteiger charge is -2.40. The van der Waals surface area contributed by atoms with E-state index in [1.54, 1.807) is 25.9 Å². The molecule has 2 aliphatic heterocycles. The van der Waals surface area contributed by atoms with Gasteiger partial charge in [0.1, 0.15) is 5.75 Å². The van der Waals surface area contributed by atoms with Gasteiger partial charge in [0.15, 0.2) is 5.60 Å². The zero-order valence-electron chi connectivity index (χ0n) is 25.8. The fourth-order valence-electron chi connectivity index (χ4n) is 6.76. The Hall–Kier alpha value is -3.43. The number of nitrogens with zero attached hydrogens (tertiary/aromatic N) is 3. The Labute approximate surface area is 254 Å². The summed E-state index contributed by atoms with van der Waals surface area (Å²) in [5.41, 5.74) is 1.15. The van der Waals surface area contributed by atoms with Crippen molar-refractivity contribution in [3.63, 3.8) is 0 Å². The second kappa shape index (κ2) is 11.6. The smallest absolute Gasteiger partial charge is 0.270 e. The van der Waals surface area contributed by atoms with Crippen LogP contribution in [0.2, 0.25) is 0 Å². The van der Waals surface area contributed by atoms with Gasteiger partial charge in [0.25, 0.3) is 5.91 Å². The largest absolute Gasteiger partial charge is 0.476 e. The Balaban J connectivity index is 1.21. The molecule has 9 nitrogen and oxygen atoms in total. The quantitative estimate of drug-likeness (QED) is 0.424. The van der Waals surface area contributed by atoms with Crippen LogP contribution in [0.5, 0.6) is 5.75 Å². The summed E-state index contributed by atoms with van der Waals surface area (Å²) in [5, 5.41) is 3.45. The van der Waals surface area contributed by atoms with Crippen LogP contribution in [0, 0.1) is 5.92 Å². The summed E-state index contributed by atoms with van der Waals surface area (Å²) in [7, 11) is 3.55. The second-order valence-corrected chi connectivity index (χ2v) is 13.1. The molecule has 2 unspecified atom stereocenters. The predicted molar refractivity (Wildman–Crippen MR) is 165 cm³/mol. The maximum absolute atomic E-state index is 14.2. The molecule has 3 amide bonds. The normalized spacial score (nSPS) is 23.6. The predicted octanol–water partition coefficient (Wildman–Crippen LogP) is 3.89. The first-order valence-corrected chi connectivity index (χ1v) is 15.7. The van der Waals surface area contributed by atoms with Crippen molar-refractivity contribution in [1.82, 2.24) is 10.2 Å². The van der Waals surface area contributed by atoms with Crippen molar-refractivity contribution in [2.45, 2.75) is 75.5 Å². The Morgan fingerprint density at radius 3 is 2.49 bits per heavy atom. The number of ether oxygens (including phenoxy) is 2. The van der Waals surface area contributed by atoms with Crippen LogP contribution in [0.4, 0.5) is 11.4 Å². The highest BCUT2D eigenvalue weighted by molar-refractivity contribution is 6.04. The number of rotatable bonds is 10. The number of likely N-dealkylation sites (N-methyl/N-ethyl adjacent to an activating group) is 1. The van der Waals surface area contributed by atoms with E-state index in [0.29, 0.717) is 50.5 Å². The molecule has 1 saturated heterocycles. The standard InChI is InChI=1S/C34H44N4O5/c1-33(2)31(40)37(17-8-18-42-4)28-20-26(13-14-29(28)43-33)38(25-11-12-25)30(39)23-19-27(22-35-21-23)36(3)32(41)34(15-16-34)24-9-6-5-7-10-24/h5-7,9-10,13-14,20,23,25,27,35H,8,11-12,15-19,21-22H2,1-4H3. The molecule has 1 N–H and O–H groups in total. The van der Waals surface area contributed by atoms with Crippen LogP contribution in [-0.4, -0.2) is 80.7 Å². The average molecular weight is 589 g/mol. The third-order valence-corrected chi connectivity index (χ3v) is 9.55. The molecular weight excluding hydrogens is 544 g/mol. The number of fused-ring (bicyclic) bond motifs is 1. The Morgan fingerprint density at radius 2 is 1.81 bits per heavy atom. The summed E-state index contributed by atoms with van der Waals surface area (Å²) in [4.78, 5) is 47.0. The fourth-order valence-corrected chi connectivity index (χ4v) is 6.76. The van der Waals surface area contributed by atoms with Crippen molar-refractivity contribution in [2.75, 3.05) is 50.2 Å². The summed E-state index contributed by atoms with van der Waals surface area (Å²) >= 11 is 0. The molecule has 2 aromatic rings. The molecule has 0 bridgehead atoms. The van der Waals surface area contributed by atoms with E-state index in [-0.39, 0.29) is 35.7 Å². The van der Waals surface area contributed by atoms with Crippen molar-refractivity contribution in [3.05, 3.63) is 54.1 Å². The first kappa shape index (κ1) is 29.6. The maximum Gasteiger partial charge on any atom is 0.270 e. The van der Waals surface area contributed by atoms with Gasteiger partial charge in [-0.1, -0.05) is 30.3 Å². The summed E-state index contributed by atoms with van der Waals surface area (Å²) in [6.45, 7) is 5.88. The van der Waals surface area contributed by atoms with Crippen LogP contribution in [0.25, 0.3) is 0 Å². The Bertz CT molecular complexity index is 1370. The molecule has 43 heavy (non-hydrogen) atoms. The van der Waals surface area contributed by atoms with Crippen LogP contribution >= 0.6 is 0 Å². The van der Waals surface area contributed by atoms with Crippen LogP contribution in [0.15, 0.2) is 48.5 Å². The molecule has 6 rings (SSSR count). The number of nitrogens with one attached hydrogen (secondary N) is 1. The molecule has 2 atom stereocenters. The lowest BCUT2D eigenvalue weighted by Crippen LogP contribution is -2.55. The summed E-state index contributed by atoms with van der Waals surface area (Å²) in [6.07, 6.45) is 4.94. The highest BCUT2D eigenvalue weighted by atomic mass is 16.5. The molecule has 4 aliphatic rings. The van der Waals surface area contributed by atoms with E-state index >= 15 is 0 Å². The van der Waals surface area contributed by atoms with Gasteiger partial charge in [0.05, 0.1) is 17.0 Å². The molecule has 2 aromatic carbocycles. The number of carbonyl (C=O) groups is 3. The molecule has 0 aromatic heterocycles. The van der Waals surface area contributed by atoms with Crippen molar-refractivity contribution >= 4 is 29.1 Å². The van der Waals surface area contributed by atoms with Gasteiger partial charge < -0.3 is 29.5 Å². The van der Waals surface area contributed by atoms with Gasteiger partial charge in [-0.15, -0.1) is 0 Å². The van der Waals surface area contributed by atoms with Crippen LogP contribution in [0.1, 0.15) is 57.9 Å². The lowest BCUT2D eigenvalue weighted by molar-refractivity contribution is -0.136. The van der Waals surface area contributed by atoms with E-state index in [4.69, 9.17) is 9.47 Å². The summed E-state index contributed by atoms with van der Waals surface area (Å²) in [6, 6.07) is 15.9. The number of anilines is 2. The van der Waals surface area contributed by atoms with Crippen LogP contribution in [-0.2, 0) is 24.5 Å². The van der Waals surface area contributed by atoms with E-state index in [9.17, 15) is 14.4 Å². The molecule has 9 heteroatoms. The lowest BCUT2D eigenvalue weighted by atomic mass is 9.90. The molecule has 230 valence electrons. The van der Waals surface area contributed by atoms with Crippen molar-refractivity contribution in [2.24, 2.45) is 5.92 Å². The Morgan fingerprint density at radius 1 is 1.07 bits per heavy atom. The second-order valence-electron chi connectivity index (χ2n) is 13.1. The first-order chi connectivity index (χ1) is 20.7. The number of methoxy groups -OCH3 is 1. The van der Waals surface area contributed by atoms with Gasteiger partial charge in [-0.25, -0.2) is 0 Å². The van der Waals surface area contributed by atoms with Gasteiger partial charge in [-0.05, 0) is 76.1 Å². The van der Waals surface area contributed by atoms with Gasteiger partial charge in [0, 0.05) is 58.2 Å². The molecule has 2 saturated carbocycles. The number of carbonyl (C=O) groups excluding carboxylic acids is 3. The third kappa shape index (κ3) is 5.65. The van der Waals surface area contributed by atoms with Gasteiger partial charge in [-0.3, -0.25) is 14.4 Å². The van der Waals surface area contributed by atoms with Crippen molar-refractivity contribution in [3.8, 4) is 5.75 Å². The molecule has 0 spiro atoms. The highest BCUT2D eigenvalue weighted by Crippen LogP contribution is 2.50. The van der Waals surface area contributed by atoms with Gasteiger partial charge in [-0.2, -0.15) is 0 Å². The average Bonchev–Trinajstić information content (AvgIpc) is 3.95. The van der Waals surface area contributed by atoms with Gasteiger partial charge in [0.2, 0.25) is 11.8 Å². The zero-order chi connectivity index (χ0) is 30.4. The molecular formula is C34H44N4O5. The molecule has 3 fully saturated rings. The Kier molecular flexibility index (Phi) is 7.98. The van der Waals surface area contributed by atoms with Crippen LogP contribution < -0.4 is 19.9 Å². The summed E-state index contributed by atoms with van der Waals surface area (Å²) in [5.74, 6) is 0.495. The minimum absolute atomic E-state index is 0.0643. The number of hydrogen-bond donors (Lipinski definition) is 1. The topological polar surface area (TPSA) is 91.4 Å². The summed E-state index contributed by atoms with van der Waals surface area (Å²) < 4.78 is 11.4. The molecule has 0 radical (unpaired) electrons. The number of piperidine rings is 1. The monoisotopic (exact) mass is 588 g/mol. The zero-order valence-corrected chi connectivity index (χ0v) is 25.8. The third-order valence-electron chi connectivity index (χ3n) is 9.55. The van der Waals surface area contributed by atoms with Gasteiger partial charge >= 0.3 is 0 Å². The van der Waals surface area contributed by atoms with Crippen molar-refractivity contribution in [1.29, 1.82) is 0 Å². The molecule has 2 heterocycles. The number of amides is 3. The van der Waals surface area contributed by atoms with E-state index in [0.717, 1.165) is 36.9 Å². The van der Waals surface area contributed by atoms with E-state index in [1.807, 2.05) is 53.2 Å². The minimum atomic E-state index is -0.973. The van der Waals surface area contributed by atoms with E-state index in [1.165, 1.54) is 0 Å². The molecule has 2 aliphatic carbocycles.